The van der Waals surface area contributed by atoms with Gasteiger partial charge in [-0.05, 0) is 6.42 Å². The van der Waals surface area contributed by atoms with Gasteiger partial charge in [0.2, 0.25) is 5.95 Å². The number of fused-ring (bicyclic) bond motifs is 1. The second-order valence-electron chi connectivity index (χ2n) is 5.30. The summed E-state index contributed by atoms with van der Waals surface area (Å²) in [6.07, 6.45) is -2.96. The molecule has 6 N–H and O–H groups in total. The van der Waals surface area contributed by atoms with E-state index in [0.29, 0.717) is 6.42 Å². The number of nitrogen functional groups attached to an aromatic ring is 1. The van der Waals surface area contributed by atoms with E-state index >= 15 is 0 Å². The minimum Gasteiger partial charge on any atom is -0.386 e. The van der Waals surface area contributed by atoms with Crippen LogP contribution in [0.1, 0.15) is 19.6 Å². The Morgan fingerprint density at radius 3 is 2.88 bits per heavy atom. The molecule has 0 bridgehead atoms. The zero-order chi connectivity index (χ0) is 17.6. The Bertz CT molecular complexity index is 860. The molecule has 4 unspecified atom stereocenters. The molecule has 0 amide bonds. The average molecular weight is 361 g/mol. The molecular formula is C11H16N5O7P. The number of aromatic nitrogens is 4. The van der Waals surface area contributed by atoms with Crippen molar-refractivity contribution < 1.29 is 28.7 Å². The van der Waals surface area contributed by atoms with E-state index in [4.69, 9.17) is 20.3 Å². The molecule has 3 heterocycles. The van der Waals surface area contributed by atoms with Gasteiger partial charge in [0.15, 0.2) is 17.4 Å². The van der Waals surface area contributed by atoms with Crippen molar-refractivity contribution in [3.05, 3.63) is 16.7 Å². The number of H-pyrrole nitrogens is 1. The third-order valence-corrected chi connectivity index (χ3v) is 4.21. The topological polar surface area (TPSA) is 186 Å². The van der Waals surface area contributed by atoms with E-state index in [1.807, 2.05) is 0 Å². The van der Waals surface area contributed by atoms with Gasteiger partial charge in [-0.1, -0.05) is 6.92 Å². The molecular weight excluding hydrogens is 345 g/mol. The second kappa shape index (κ2) is 5.92. The number of nitrogens with one attached hydrogen (secondary N) is 1. The summed E-state index contributed by atoms with van der Waals surface area (Å²) in [5.41, 5.74) is 5.02. The molecule has 1 saturated heterocycles. The van der Waals surface area contributed by atoms with E-state index in [9.17, 15) is 14.5 Å². The van der Waals surface area contributed by atoms with Crippen molar-refractivity contribution in [1.29, 1.82) is 0 Å². The van der Waals surface area contributed by atoms with Gasteiger partial charge < -0.3 is 25.4 Å². The highest BCUT2D eigenvalue weighted by Gasteiger charge is 2.47. The number of hydrogen-bond acceptors (Lipinski definition) is 8. The number of nitrogens with zero attached hydrogens (tertiary/aromatic N) is 3. The number of ether oxygens (including phenoxy) is 1. The number of anilines is 1. The lowest BCUT2D eigenvalue weighted by molar-refractivity contribution is -0.0355. The predicted octanol–water partition coefficient (Wildman–Crippen LogP) is -1.15. The maximum absolute atomic E-state index is 11.8. The van der Waals surface area contributed by atoms with Gasteiger partial charge in [0.1, 0.15) is 12.2 Å². The summed E-state index contributed by atoms with van der Waals surface area (Å²) in [6.45, 7) is 1.71. The van der Waals surface area contributed by atoms with E-state index in [1.165, 1.54) is 10.9 Å². The van der Waals surface area contributed by atoms with Crippen LogP contribution in [-0.4, -0.2) is 52.7 Å². The third kappa shape index (κ3) is 2.95. The molecule has 13 heteroatoms. The minimum absolute atomic E-state index is 0.00703. The van der Waals surface area contributed by atoms with Crippen LogP contribution in [0, 0.1) is 0 Å². The van der Waals surface area contributed by atoms with E-state index in [1.54, 1.807) is 6.92 Å². The lowest BCUT2D eigenvalue weighted by atomic mass is 10.1. The summed E-state index contributed by atoms with van der Waals surface area (Å²) in [4.78, 5) is 40.0. The highest BCUT2D eigenvalue weighted by Crippen LogP contribution is 2.44. The van der Waals surface area contributed by atoms with Gasteiger partial charge >= 0.3 is 7.82 Å². The molecule has 0 aliphatic carbocycles. The first-order valence-corrected chi connectivity index (χ1v) is 8.54. The van der Waals surface area contributed by atoms with Crippen molar-refractivity contribution in [2.24, 2.45) is 0 Å². The molecule has 24 heavy (non-hydrogen) atoms. The van der Waals surface area contributed by atoms with Crippen molar-refractivity contribution in [1.82, 2.24) is 19.5 Å². The molecule has 4 atom stereocenters. The summed E-state index contributed by atoms with van der Waals surface area (Å²) in [5, 5.41) is 10.4. The first-order valence-electron chi connectivity index (χ1n) is 7.01. The summed E-state index contributed by atoms with van der Waals surface area (Å²) in [6, 6.07) is 0. The number of nitrogens with two attached hydrogens (primary N) is 1. The third-order valence-electron chi connectivity index (χ3n) is 3.70. The maximum atomic E-state index is 11.8. The van der Waals surface area contributed by atoms with E-state index in [-0.39, 0.29) is 17.1 Å². The number of aliphatic hydroxyl groups excluding tert-OH is 1. The average Bonchev–Trinajstić information content (AvgIpc) is 3.00. The van der Waals surface area contributed by atoms with Crippen LogP contribution < -0.4 is 11.3 Å². The predicted molar refractivity (Wildman–Crippen MR) is 79.7 cm³/mol. The van der Waals surface area contributed by atoms with Gasteiger partial charge in [0, 0.05) is 0 Å². The van der Waals surface area contributed by atoms with Gasteiger partial charge in [0.25, 0.3) is 5.56 Å². The van der Waals surface area contributed by atoms with E-state index in [0.717, 1.165) is 0 Å². The number of aromatic amines is 1. The Morgan fingerprint density at radius 2 is 2.25 bits per heavy atom. The number of phosphoric acid groups is 1. The molecule has 2 aromatic rings. The van der Waals surface area contributed by atoms with Gasteiger partial charge in [-0.25, -0.2) is 9.55 Å². The fourth-order valence-electron chi connectivity index (χ4n) is 2.70. The minimum atomic E-state index is -4.83. The molecule has 3 rings (SSSR count). The molecule has 1 aliphatic rings. The first kappa shape index (κ1) is 17.0. The van der Waals surface area contributed by atoms with Crippen LogP contribution in [0.4, 0.5) is 5.95 Å². The van der Waals surface area contributed by atoms with Crippen LogP contribution in [0.15, 0.2) is 11.1 Å². The molecule has 132 valence electrons. The van der Waals surface area contributed by atoms with Crippen LogP contribution in [0.25, 0.3) is 11.2 Å². The summed E-state index contributed by atoms with van der Waals surface area (Å²) >= 11 is 0. The smallest absolute Gasteiger partial charge is 0.386 e. The Labute approximate surface area is 134 Å². The first-order chi connectivity index (χ1) is 11.2. The molecule has 1 fully saturated rings. The number of phosphoric ester groups is 1. The van der Waals surface area contributed by atoms with Gasteiger partial charge in [0.05, 0.1) is 12.4 Å². The number of imidazole rings is 1. The van der Waals surface area contributed by atoms with E-state index in [2.05, 4.69) is 19.5 Å². The van der Waals surface area contributed by atoms with Gasteiger partial charge in [-0.15, -0.1) is 0 Å². The normalized spacial score (nSPS) is 27.8. The molecule has 1 aliphatic heterocycles. The Balaban J connectivity index is 2.01. The SMILES string of the molecule is CCC1OC(n2cnc3c(=O)[nH]c(N)nc32)C(O)C1OP(=O)(O)O. The number of aliphatic hydroxyl groups is 1. The van der Waals surface area contributed by atoms with Gasteiger partial charge in [-0.2, -0.15) is 4.98 Å². The summed E-state index contributed by atoms with van der Waals surface area (Å²) < 4.78 is 22.6. The van der Waals surface area contributed by atoms with Crippen LogP contribution in [0.3, 0.4) is 0 Å². The molecule has 2 aromatic heterocycles. The standard InChI is InChI=1S/C11H16N5O7P/c1-2-4-7(23-24(19,20)21)6(17)10(22-4)16-3-13-5-8(16)14-11(12)15-9(5)18/h3-4,6-7,10,17H,2H2,1H3,(H2,19,20,21)(H3,12,14,15,18). The molecule has 0 radical (unpaired) electrons. The Morgan fingerprint density at radius 1 is 1.54 bits per heavy atom. The lowest BCUT2D eigenvalue weighted by Crippen LogP contribution is -2.33. The highest BCUT2D eigenvalue weighted by molar-refractivity contribution is 7.46. The monoisotopic (exact) mass is 361 g/mol. The van der Waals surface area contributed by atoms with Crippen molar-refractivity contribution in [3.63, 3.8) is 0 Å². The summed E-state index contributed by atoms with van der Waals surface area (Å²) in [5.74, 6) is -0.142. The molecule has 12 nitrogen and oxygen atoms in total. The van der Waals surface area contributed by atoms with Gasteiger partial charge in [-0.3, -0.25) is 18.9 Å². The van der Waals surface area contributed by atoms with Crippen molar-refractivity contribution >= 4 is 24.9 Å². The fourth-order valence-corrected chi connectivity index (χ4v) is 3.27. The zero-order valence-electron chi connectivity index (χ0n) is 12.4. The fraction of sp³-hybridized carbons (Fsp3) is 0.545. The van der Waals surface area contributed by atoms with Crippen LogP contribution in [0.5, 0.6) is 0 Å². The zero-order valence-corrected chi connectivity index (χ0v) is 13.3. The lowest BCUT2D eigenvalue weighted by Gasteiger charge is -2.20. The van der Waals surface area contributed by atoms with Crippen molar-refractivity contribution in [3.8, 4) is 0 Å². The van der Waals surface area contributed by atoms with Crippen molar-refractivity contribution in [2.45, 2.75) is 37.9 Å². The highest BCUT2D eigenvalue weighted by atomic mass is 31.2. The quantitative estimate of drug-likeness (QED) is 0.416. The molecule has 0 saturated carbocycles. The maximum Gasteiger partial charge on any atom is 0.470 e. The Kier molecular flexibility index (Phi) is 4.20. The van der Waals surface area contributed by atoms with Crippen LogP contribution in [0.2, 0.25) is 0 Å². The second-order valence-corrected chi connectivity index (χ2v) is 6.49. The molecule has 0 aromatic carbocycles. The van der Waals surface area contributed by atoms with Crippen molar-refractivity contribution in [2.75, 3.05) is 5.73 Å². The van der Waals surface area contributed by atoms with Crippen LogP contribution in [-0.2, 0) is 13.8 Å². The largest absolute Gasteiger partial charge is 0.470 e. The number of hydrogen-bond donors (Lipinski definition) is 5. The van der Waals surface area contributed by atoms with E-state index < -0.39 is 37.9 Å². The Hall–Kier alpha value is -1.82. The number of rotatable bonds is 4. The van der Waals surface area contributed by atoms with Crippen LogP contribution >= 0.6 is 7.82 Å². The summed E-state index contributed by atoms with van der Waals surface area (Å²) in [7, 11) is -4.83. The molecule has 0 spiro atoms.